The molecule has 2 rings (SSSR count). The summed E-state index contributed by atoms with van der Waals surface area (Å²) in [4.78, 5) is 0. The zero-order valence-corrected chi connectivity index (χ0v) is 11.1. The molecule has 2 saturated carbocycles. The van der Waals surface area contributed by atoms with Crippen LogP contribution in [0.5, 0.6) is 0 Å². The van der Waals surface area contributed by atoms with E-state index in [0.29, 0.717) is 6.04 Å². The third kappa shape index (κ3) is 3.45. The van der Waals surface area contributed by atoms with Crippen molar-refractivity contribution in [2.24, 2.45) is 17.8 Å². The Hall–Kier alpha value is -0.550. The molecule has 2 aliphatic rings. The second-order valence-corrected chi connectivity index (χ2v) is 6.06. The third-order valence-corrected chi connectivity index (χ3v) is 4.86. The van der Waals surface area contributed by atoms with Crippen molar-refractivity contribution in [2.75, 3.05) is 6.54 Å². The molecule has 2 aliphatic carbocycles. The average Bonchev–Trinajstić information content (AvgIpc) is 2.38. The highest BCUT2D eigenvalue weighted by atomic mass is 14.9. The van der Waals surface area contributed by atoms with Crippen molar-refractivity contribution in [1.82, 2.24) is 5.32 Å². The summed E-state index contributed by atoms with van der Waals surface area (Å²) < 4.78 is 0. The van der Waals surface area contributed by atoms with Crippen molar-refractivity contribution in [1.29, 1.82) is 5.26 Å². The van der Waals surface area contributed by atoms with Gasteiger partial charge in [-0.15, -0.1) is 0 Å². The lowest BCUT2D eigenvalue weighted by molar-refractivity contribution is 0.221. The van der Waals surface area contributed by atoms with Gasteiger partial charge in [0.25, 0.3) is 0 Å². The van der Waals surface area contributed by atoms with Gasteiger partial charge in [-0.25, -0.2) is 0 Å². The number of nitriles is 1. The molecule has 0 amide bonds. The predicted molar refractivity (Wildman–Crippen MR) is 70.5 cm³/mol. The third-order valence-electron chi connectivity index (χ3n) is 4.86. The molecule has 4 unspecified atom stereocenters. The van der Waals surface area contributed by atoms with Crippen LogP contribution in [0.25, 0.3) is 0 Å². The van der Waals surface area contributed by atoms with Gasteiger partial charge in [-0.2, -0.15) is 5.26 Å². The molecule has 17 heavy (non-hydrogen) atoms. The lowest BCUT2D eigenvalue weighted by atomic mass is 9.79. The fraction of sp³-hybridized carbons (Fsp3) is 0.933. The molecule has 0 aromatic carbocycles. The number of hydrogen-bond acceptors (Lipinski definition) is 2. The molecule has 2 fully saturated rings. The first-order chi connectivity index (χ1) is 8.31. The molecule has 1 N–H and O–H groups in total. The highest BCUT2D eigenvalue weighted by Gasteiger charge is 2.27. The number of nitrogens with zero attached hydrogens (tertiary/aromatic N) is 1. The number of rotatable bonds is 3. The van der Waals surface area contributed by atoms with Crippen LogP contribution in [0.3, 0.4) is 0 Å². The van der Waals surface area contributed by atoms with Crippen LogP contribution >= 0.6 is 0 Å². The van der Waals surface area contributed by atoms with E-state index in [4.69, 9.17) is 5.26 Å². The van der Waals surface area contributed by atoms with Crippen molar-refractivity contribution < 1.29 is 0 Å². The van der Waals surface area contributed by atoms with Gasteiger partial charge in [-0.1, -0.05) is 39.0 Å². The fourth-order valence-electron chi connectivity index (χ4n) is 3.53. The molecular weight excluding hydrogens is 208 g/mol. The molecule has 0 heterocycles. The van der Waals surface area contributed by atoms with E-state index in [1.807, 2.05) is 0 Å². The number of nitrogens with one attached hydrogen (secondary N) is 1. The van der Waals surface area contributed by atoms with Gasteiger partial charge in [0.2, 0.25) is 0 Å². The molecule has 0 aromatic rings. The zero-order valence-electron chi connectivity index (χ0n) is 11.1. The van der Waals surface area contributed by atoms with E-state index in [2.05, 4.69) is 18.3 Å². The average molecular weight is 234 g/mol. The van der Waals surface area contributed by atoms with E-state index in [9.17, 15) is 0 Å². The second kappa shape index (κ2) is 6.40. The first kappa shape index (κ1) is 12.9. The van der Waals surface area contributed by atoms with Gasteiger partial charge < -0.3 is 5.32 Å². The van der Waals surface area contributed by atoms with E-state index >= 15 is 0 Å². The molecule has 2 heteroatoms. The minimum atomic E-state index is 0.266. The summed E-state index contributed by atoms with van der Waals surface area (Å²) >= 11 is 0. The summed E-state index contributed by atoms with van der Waals surface area (Å²) in [5.74, 6) is 1.99. The molecule has 4 atom stereocenters. The highest BCUT2D eigenvalue weighted by Crippen LogP contribution is 2.30. The van der Waals surface area contributed by atoms with Crippen molar-refractivity contribution >= 4 is 0 Å². The topological polar surface area (TPSA) is 35.8 Å². The van der Waals surface area contributed by atoms with Crippen LogP contribution in [0.15, 0.2) is 0 Å². The second-order valence-electron chi connectivity index (χ2n) is 6.06. The Bertz CT molecular complexity index is 269. The lowest BCUT2D eigenvalue weighted by Crippen LogP contribution is -2.41. The van der Waals surface area contributed by atoms with Gasteiger partial charge in [0.15, 0.2) is 0 Å². The summed E-state index contributed by atoms with van der Waals surface area (Å²) in [6.07, 6.45) is 10.5. The Morgan fingerprint density at radius 2 is 1.76 bits per heavy atom. The van der Waals surface area contributed by atoms with E-state index in [-0.39, 0.29) is 5.92 Å². The SMILES string of the molecule is CC1CCCCC1CNC1CCCCC1C#N. The van der Waals surface area contributed by atoms with Crippen LogP contribution in [0.4, 0.5) is 0 Å². The van der Waals surface area contributed by atoms with Gasteiger partial charge in [0.05, 0.1) is 12.0 Å². The maximum atomic E-state index is 9.16. The predicted octanol–water partition coefficient (Wildman–Crippen LogP) is 3.48. The summed E-state index contributed by atoms with van der Waals surface area (Å²) in [7, 11) is 0. The molecule has 96 valence electrons. The lowest BCUT2D eigenvalue weighted by Gasteiger charge is -2.33. The van der Waals surface area contributed by atoms with E-state index in [0.717, 1.165) is 24.8 Å². The maximum absolute atomic E-state index is 9.16. The van der Waals surface area contributed by atoms with E-state index in [1.54, 1.807) is 0 Å². The molecule has 0 radical (unpaired) electrons. The maximum Gasteiger partial charge on any atom is 0.0672 e. The Balaban J connectivity index is 1.78. The van der Waals surface area contributed by atoms with Gasteiger partial charge in [0.1, 0.15) is 0 Å². The zero-order chi connectivity index (χ0) is 12.1. The summed E-state index contributed by atoms with van der Waals surface area (Å²) in [5, 5.41) is 12.9. The summed E-state index contributed by atoms with van der Waals surface area (Å²) in [5.41, 5.74) is 0. The molecule has 0 bridgehead atoms. The van der Waals surface area contributed by atoms with Crippen LogP contribution in [0.1, 0.15) is 58.3 Å². The normalized spacial score (nSPS) is 38.6. The van der Waals surface area contributed by atoms with Gasteiger partial charge in [0, 0.05) is 6.04 Å². The quantitative estimate of drug-likeness (QED) is 0.811. The van der Waals surface area contributed by atoms with Gasteiger partial charge in [-0.05, 0) is 37.6 Å². The smallest absolute Gasteiger partial charge is 0.0672 e. The molecule has 0 aliphatic heterocycles. The van der Waals surface area contributed by atoms with E-state index < -0.39 is 0 Å². The molecule has 0 spiro atoms. The van der Waals surface area contributed by atoms with Gasteiger partial charge >= 0.3 is 0 Å². The minimum absolute atomic E-state index is 0.266. The largest absolute Gasteiger partial charge is 0.312 e. The van der Waals surface area contributed by atoms with Crippen molar-refractivity contribution in [2.45, 2.75) is 64.3 Å². The monoisotopic (exact) mass is 234 g/mol. The number of hydrogen-bond donors (Lipinski definition) is 1. The van der Waals surface area contributed by atoms with Gasteiger partial charge in [-0.3, -0.25) is 0 Å². The first-order valence-electron chi connectivity index (χ1n) is 7.44. The molecular formula is C15H26N2. The summed E-state index contributed by atoms with van der Waals surface area (Å²) in [6.45, 7) is 3.54. The van der Waals surface area contributed by atoms with Crippen LogP contribution in [0, 0.1) is 29.1 Å². The standard InChI is InChI=1S/C15H26N2/c1-12-6-2-3-8-14(12)11-17-15-9-5-4-7-13(15)10-16/h12-15,17H,2-9,11H2,1H3. The van der Waals surface area contributed by atoms with Crippen LogP contribution in [-0.2, 0) is 0 Å². The Morgan fingerprint density at radius 3 is 2.53 bits per heavy atom. The highest BCUT2D eigenvalue weighted by molar-refractivity contribution is 4.95. The summed E-state index contributed by atoms with van der Waals surface area (Å²) in [6, 6.07) is 2.97. The van der Waals surface area contributed by atoms with Crippen LogP contribution < -0.4 is 5.32 Å². The van der Waals surface area contributed by atoms with Crippen LogP contribution in [-0.4, -0.2) is 12.6 Å². The fourth-order valence-corrected chi connectivity index (χ4v) is 3.53. The van der Waals surface area contributed by atoms with Crippen molar-refractivity contribution in [3.05, 3.63) is 0 Å². The van der Waals surface area contributed by atoms with Crippen LogP contribution in [0.2, 0.25) is 0 Å². The van der Waals surface area contributed by atoms with Crippen molar-refractivity contribution in [3.63, 3.8) is 0 Å². The minimum Gasteiger partial charge on any atom is -0.312 e. The molecule has 2 nitrogen and oxygen atoms in total. The van der Waals surface area contributed by atoms with Crippen molar-refractivity contribution in [3.8, 4) is 6.07 Å². The molecule has 0 aromatic heterocycles. The van der Waals surface area contributed by atoms with E-state index in [1.165, 1.54) is 44.9 Å². The Labute approximate surface area is 106 Å². The molecule has 0 saturated heterocycles. The first-order valence-corrected chi connectivity index (χ1v) is 7.44. The Kier molecular flexibility index (Phi) is 4.86. The Morgan fingerprint density at radius 1 is 1.06 bits per heavy atom.